The van der Waals surface area contributed by atoms with Crippen LogP contribution in [0.25, 0.3) is 0 Å². The van der Waals surface area contributed by atoms with Crippen molar-refractivity contribution in [3.8, 4) is 5.75 Å². The molecule has 1 atom stereocenters. The summed E-state index contributed by atoms with van der Waals surface area (Å²) >= 11 is 0. The summed E-state index contributed by atoms with van der Waals surface area (Å²) in [5.74, 6) is 0.227. The third-order valence-electron chi connectivity index (χ3n) is 5.32. The predicted octanol–water partition coefficient (Wildman–Crippen LogP) is 3.89. The second kappa shape index (κ2) is 8.96. The van der Waals surface area contributed by atoms with Crippen LogP contribution in [0.1, 0.15) is 33.2 Å². The number of halogens is 3. The van der Waals surface area contributed by atoms with Crippen LogP contribution in [0.15, 0.2) is 60.9 Å². The molecular formula is C23H21F3N4O2. The van der Waals surface area contributed by atoms with Gasteiger partial charge in [-0.15, -0.1) is 0 Å². The quantitative estimate of drug-likeness (QED) is 0.605. The van der Waals surface area contributed by atoms with E-state index in [-0.39, 0.29) is 11.6 Å². The average molecular weight is 442 g/mol. The highest BCUT2D eigenvalue weighted by Crippen LogP contribution is 2.34. The van der Waals surface area contributed by atoms with Crippen molar-refractivity contribution in [2.45, 2.75) is 12.2 Å². The smallest absolute Gasteiger partial charge is 0.418 e. The van der Waals surface area contributed by atoms with Gasteiger partial charge in [-0.3, -0.25) is 9.78 Å². The number of methoxy groups -OCH3 is 1. The third kappa shape index (κ3) is 4.57. The molecule has 0 aliphatic carbocycles. The van der Waals surface area contributed by atoms with E-state index in [0.29, 0.717) is 25.5 Å². The van der Waals surface area contributed by atoms with Crippen molar-refractivity contribution in [2.75, 3.05) is 31.6 Å². The monoisotopic (exact) mass is 442 g/mol. The summed E-state index contributed by atoms with van der Waals surface area (Å²) < 4.78 is 46.1. The molecule has 9 heteroatoms. The van der Waals surface area contributed by atoms with Crippen molar-refractivity contribution in [3.63, 3.8) is 0 Å². The molecule has 1 aliphatic rings. The summed E-state index contributed by atoms with van der Waals surface area (Å²) in [6.07, 6.45) is -2.02. The third-order valence-corrected chi connectivity index (χ3v) is 5.32. The zero-order chi connectivity index (χ0) is 22.7. The molecule has 1 aromatic carbocycles. The largest absolute Gasteiger partial charge is 0.497 e. The van der Waals surface area contributed by atoms with E-state index in [9.17, 15) is 18.0 Å². The highest BCUT2D eigenvalue weighted by atomic mass is 19.4. The van der Waals surface area contributed by atoms with Gasteiger partial charge in [0.25, 0.3) is 0 Å². The maximum absolute atomic E-state index is 13.6. The van der Waals surface area contributed by atoms with Gasteiger partial charge >= 0.3 is 6.18 Å². The highest BCUT2D eigenvalue weighted by molar-refractivity contribution is 6.08. The van der Waals surface area contributed by atoms with E-state index in [1.807, 2.05) is 29.2 Å². The van der Waals surface area contributed by atoms with Crippen molar-refractivity contribution in [1.82, 2.24) is 15.3 Å². The number of hydrogen-bond donors (Lipinski definition) is 1. The number of aromatic nitrogens is 2. The Labute approximate surface area is 183 Å². The standard InChI is InChI=1S/C23H21F3N4O2/c1-32-17-6-2-4-15(12-17)19-14-30(11-10-28-19)20-8-7-18(23(24,25)26)21(29-20)22(31)16-5-3-9-27-13-16/h2-9,12-13,19,28H,10-11,14H2,1H3. The van der Waals surface area contributed by atoms with E-state index < -0.39 is 23.2 Å². The van der Waals surface area contributed by atoms with Crippen molar-refractivity contribution >= 4 is 11.6 Å². The number of rotatable bonds is 5. The molecule has 3 aromatic rings. The SMILES string of the molecule is COc1cccc(C2CN(c3ccc(C(F)(F)F)c(C(=O)c4cccnc4)n3)CCN2)c1. The summed E-state index contributed by atoms with van der Waals surface area (Å²) in [7, 11) is 1.59. The Kier molecular flexibility index (Phi) is 6.09. The van der Waals surface area contributed by atoms with Crippen LogP contribution in [0.2, 0.25) is 0 Å². The lowest BCUT2D eigenvalue weighted by atomic mass is 10.0. The molecule has 2 aromatic heterocycles. The van der Waals surface area contributed by atoms with Gasteiger partial charge in [0, 0.05) is 37.6 Å². The number of hydrogen-bond acceptors (Lipinski definition) is 6. The molecule has 32 heavy (non-hydrogen) atoms. The lowest BCUT2D eigenvalue weighted by Crippen LogP contribution is -2.46. The predicted molar refractivity (Wildman–Crippen MR) is 113 cm³/mol. The number of carbonyl (C=O) groups excluding carboxylic acids is 1. The number of ketones is 1. The zero-order valence-corrected chi connectivity index (χ0v) is 17.3. The highest BCUT2D eigenvalue weighted by Gasteiger charge is 2.37. The lowest BCUT2D eigenvalue weighted by Gasteiger charge is -2.35. The minimum atomic E-state index is -4.70. The Bertz CT molecular complexity index is 1110. The maximum Gasteiger partial charge on any atom is 0.418 e. The molecule has 0 radical (unpaired) electrons. The molecule has 0 amide bonds. The first-order valence-electron chi connectivity index (χ1n) is 10.0. The average Bonchev–Trinajstić information content (AvgIpc) is 2.83. The molecule has 166 valence electrons. The molecule has 3 heterocycles. The Morgan fingerprint density at radius 3 is 2.75 bits per heavy atom. The fraction of sp³-hybridized carbons (Fsp3) is 0.261. The first kappa shape index (κ1) is 21.8. The molecule has 1 N–H and O–H groups in total. The van der Waals surface area contributed by atoms with Crippen molar-refractivity contribution in [2.24, 2.45) is 0 Å². The Morgan fingerprint density at radius 2 is 2.03 bits per heavy atom. The first-order chi connectivity index (χ1) is 15.4. The van der Waals surface area contributed by atoms with Gasteiger partial charge in [0.15, 0.2) is 0 Å². The van der Waals surface area contributed by atoms with Crippen LogP contribution < -0.4 is 15.0 Å². The number of ether oxygens (including phenoxy) is 1. The van der Waals surface area contributed by atoms with Gasteiger partial charge < -0.3 is 15.0 Å². The number of pyridine rings is 2. The zero-order valence-electron chi connectivity index (χ0n) is 17.3. The number of nitrogens with one attached hydrogen (secondary N) is 1. The minimum Gasteiger partial charge on any atom is -0.497 e. The molecule has 0 bridgehead atoms. The van der Waals surface area contributed by atoms with Gasteiger partial charge in [-0.05, 0) is 42.0 Å². The number of alkyl halides is 3. The molecule has 0 saturated carbocycles. The molecule has 1 aliphatic heterocycles. The Hall–Kier alpha value is -3.46. The van der Waals surface area contributed by atoms with E-state index in [4.69, 9.17) is 4.74 Å². The van der Waals surface area contributed by atoms with Gasteiger partial charge in [0.1, 0.15) is 17.3 Å². The van der Waals surface area contributed by atoms with Crippen LogP contribution in [0.3, 0.4) is 0 Å². The van der Waals surface area contributed by atoms with Crippen molar-refractivity contribution in [3.05, 3.63) is 83.3 Å². The maximum atomic E-state index is 13.6. The molecule has 4 rings (SSSR count). The van der Waals surface area contributed by atoms with Gasteiger partial charge in [0.05, 0.1) is 18.7 Å². The number of carbonyl (C=O) groups is 1. The van der Waals surface area contributed by atoms with Gasteiger partial charge in [-0.25, -0.2) is 4.98 Å². The van der Waals surface area contributed by atoms with Gasteiger partial charge in [0.2, 0.25) is 5.78 Å². The molecule has 6 nitrogen and oxygen atoms in total. The Balaban J connectivity index is 1.67. The van der Waals surface area contributed by atoms with E-state index in [2.05, 4.69) is 15.3 Å². The summed E-state index contributed by atoms with van der Waals surface area (Å²) in [4.78, 5) is 22.7. The summed E-state index contributed by atoms with van der Waals surface area (Å²) in [5, 5.41) is 3.41. The van der Waals surface area contributed by atoms with Crippen LogP contribution in [0.4, 0.5) is 19.0 Å². The second-order valence-corrected chi connectivity index (χ2v) is 7.36. The molecule has 1 unspecified atom stereocenters. The number of nitrogens with zero attached hydrogens (tertiary/aromatic N) is 3. The fourth-order valence-corrected chi connectivity index (χ4v) is 3.70. The van der Waals surface area contributed by atoms with Crippen LogP contribution in [-0.2, 0) is 6.18 Å². The van der Waals surface area contributed by atoms with E-state index >= 15 is 0 Å². The Morgan fingerprint density at radius 1 is 1.19 bits per heavy atom. The van der Waals surface area contributed by atoms with Crippen LogP contribution in [0, 0.1) is 0 Å². The minimum absolute atomic E-state index is 0.0530. The van der Waals surface area contributed by atoms with Gasteiger partial charge in [-0.2, -0.15) is 13.2 Å². The molecule has 0 spiro atoms. The summed E-state index contributed by atoms with van der Waals surface area (Å²) in [6, 6.07) is 12.7. The summed E-state index contributed by atoms with van der Waals surface area (Å²) in [6.45, 7) is 1.63. The number of benzene rings is 1. The van der Waals surface area contributed by atoms with Crippen molar-refractivity contribution < 1.29 is 22.7 Å². The van der Waals surface area contributed by atoms with E-state index in [1.165, 1.54) is 30.6 Å². The van der Waals surface area contributed by atoms with Crippen LogP contribution >= 0.6 is 0 Å². The van der Waals surface area contributed by atoms with Gasteiger partial charge in [-0.1, -0.05) is 12.1 Å². The van der Waals surface area contributed by atoms with E-state index in [0.717, 1.165) is 17.4 Å². The van der Waals surface area contributed by atoms with E-state index in [1.54, 1.807) is 7.11 Å². The van der Waals surface area contributed by atoms with Crippen molar-refractivity contribution in [1.29, 1.82) is 0 Å². The normalized spacial score (nSPS) is 16.6. The topological polar surface area (TPSA) is 67.3 Å². The second-order valence-electron chi connectivity index (χ2n) is 7.36. The molecule has 1 fully saturated rings. The lowest BCUT2D eigenvalue weighted by molar-refractivity contribution is -0.138. The number of piperazine rings is 1. The fourth-order valence-electron chi connectivity index (χ4n) is 3.70. The van der Waals surface area contributed by atoms with Crippen LogP contribution in [-0.4, -0.2) is 42.5 Å². The first-order valence-corrected chi connectivity index (χ1v) is 10.0. The summed E-state index contributed by atoms with van der Waals surface area (Å²) in [5.41, 5.74) is -0.640. The number of anilines is 1. The molecular weight excluding hydrogens is 421 g/mol. The molecule has 1 saturated heterocycles. The van der Waals surface area contributed by atoms with Crippen LogP contribution in [0.5, 0.6) is 5.75 Å².